The van der Waals surface area contributed by atoms with Gasteiger partial charge in [0.15, 0.2) is 5.78 Å². The van der Waals surface area contributed by atoms with Crippen LogP contribution in [0.4, 0.5) is 0 Å². The van der Waals surface area contributed by atoms with Crippen molar-refractivity contribution in [3.63, 3.8) is 0 Å². The van der Waals surface area contributed by atoms with Crippen LogP contribution in [0, 0.1) is 5.92 Å². The smallest absolute Gasteiger partial charge is 0.308 e. The van der Waals surface area contributed by atoms with E-state index < -0.39 is 17.9 Å². The SMILES string of the molecule is COC(=O)[C@H](C)CC(=O)[C@@H](N)COCc1ccccc1. The molecule has 2 N–H and O–H groups in total. The van der Waals surface area contributed by atoms with Crippen molar-refractivity contribution in [1.29, 1.82) is 0 Å². The molecule has 0 aromatic heterocycles. The van der Waals surface area contributed by atoms with E-state index >= 15 is 0 Å². The first-order chi connectivity index (χ1) is 9.54. The summed E-state index contributed by atoms with van der Waals surface area (Å²) in [4.78, 5) is 23.0. The number of ether oxygens (including phenoxy) is 2. The van der Waals surface area contributed by atoms with Crippen LogP contribution in [-0.2, 0) is 25.7 Å². The second-order valence-electron chi connectivity index (χ2n) is 4.70. The standard InChI is InChI=1S/C15H21NO4/c1-11(15(18)19-2)8-14(17)13(16)10-20-9-12-6-4-3-5-7-12/h3-7,11,13H,8-10,16H2,1-2H3/t11-,13+/m1/s1. The van der Waals surface area contributed by atoms with Crippen molar-refractivity contribution in [2.24, 2.45) is 11.7 Å². The molecule has 0 amide bonds. The minimum atomic E-state index is -0.717. The van der Waals surface area contributed by atoms with Crippen LogP contribution in [0.2, 0.25) is 0 Å². The minimum absolute atomic E-state index is 0.0720. The van der Waals surface area contributed by atoms with Crippen molar-refractivity contribution in [2.75, 3.05) is 13.7 Å². The lowest BCUT2D eigenvalue weighted by Crippen LogP contribution is -2.37. The fourth-order valence-corrected chi connectivity index (χ4v) is 1.71. The van der Waals surface area contributed by atoms with Gasteiger partial charge >= 0.3 is 5.97 Å². The van der Waals surface area contributed by atoms with E-state index in [0.29, 0.717) is 6.61 Å². The molecular formula is C15H21NO4. The normalized spacial score (nSPS) is 13.6. The summed E-state index contributed by atoms with van der Waals surface area (Å²) >= 11 is 0. The Morgan fingerprint density at radius 1 is 1.25 bits per heavy atom. The summed E-state index contributed by atoms with van der Waals surface area (Å²) in [5.41, 5.74) is 6.77. The van der Waals surface area contributed by atoms with Crippen LogP contribution in [0.3, 0.4) is 0 Å². The number of methoxy groups -OCH3 is 1. The van der Waals surface area contributed by atoms with E-state index in [0.717, 1.165) is 5.56 Å². The van der Waals surface area contributed by atoms with E-state index in [1.165, 1.54) is 7.11 Å². The molecule has 1 rings (SSSR count). The maximum Gasteiger partial charge on any atom is 0.308 e. The van der Waals surface area contributed by atoms with Crippen molar-refractivity contribution in [3.8, 4) is 0 Å². The minimum Gasteiger partial charge on any atom is -0.469 e. The first-order valence-corrected chi connectivity index (χ1v) is 6.52. The fraction of sp³-hybridized carbons (Fsp3) is 0.467. The zero-order chi connectivity index (χ0) is 15.0. The molecule has 0 aliphatic heterocycles. The summed E-state index contributed by atoms with van der Waals surface area (Å²) in [6.45, 7) is 2.19. The van der Waals surface area contributed by atoms with Crippen molar-refractivity contribution in [2.45, 2.75) is 26.0 Å². The summed E-state index contributed by atoms with van der Waals surface area (Å²) in [6, 6.07) is 8.92. The third-order valence-corrected chi connectivity index (χ3v) is 2.93. The highest BCUT2D eigenvalue weighted by atomic mass is 16.5. The average molecular weight is 279 g/mol. The summed E-state index contributed by atoms with van der Waals surface area (Å²) in [7, 11) is 1.30. The van der Waals surface area contributed by atoms with Crippen LogP contribution in [0.25, 0.3) is 0 Å². The molecule has 0 spiro atoms. The van der Waals surface area contributed by atoms with Gasteiger partial charge in [-0.25, -0.2) is 0 Å². The van der Waals surface area contributed by atoms with Crippen molar-refractivity contribution >= 4 is 11.8 Å². The zero-order valence-electron chi connectivity index (χ0n) is 11.9. The molecule has 0 radical (unpaired) electrons. The first kappa shape index (κ1) is 16.3. The molecule has 0 aliphatic carbocycles. The molecule has 0 unspecified atom stereocenters. The predicted molar refractivity (Wildman–Crippen MR) is 74.9 cm³/mol. The summed E-state index contributed by atoms with van der Waals surface area (Å²) in [6.07, 6.45) is 0.0720. The molecule has 0 aliphatic rings. The molecule has 0 saturated heterocycles. The van der Waals surface area contributed by atoms with Crippen LogP contribution in [-0.4, -0.2) is 31.5 Å². The summed E-state index contributed by atoms with van der Waals surface area (Å²) in [5, 5.41) is 0. The Morgan fingerprint density at radius 3 is 2.50 bits per heavy atom. The monoisotopic (exact) mass is 279 g/mol. The Hall–Kier alpha value is -1.72. The molecule has 0 saturated carbocycles. The van der Waals surface area contributed by atoms with Crippen molar-refractivity contribution in [1.82, 2.24) is 0 Å². The van der Waals surface area contributed by atoms with E-state index in [1.807, 2.05) is 30.3 Å². The highest BCUT2D eigenvalue weighted by molar-refractivity contribution is 5.87. The molecule has 110 valence electrons. The molecule has 0 bridgehead atoms. The maximum absolute atomic E-state index is 11.8. The molecule has 1 aromatic rings. The Morgan fingerprint density at radius 2 is 1.90 bits per heavy atom. The zero-order valence-corrected chi connectivity index (χ0v) is 11.9. The van der Waals surface area contributed by atoms with Crippen LogP contribution >= 0.6 is 0 Å². The Kier molecular flexibility index (Phi) is 6.90. The maximum atomic E-state index is 11.8. The Labute approximate surface area is 119 Å². The van der Waals surface area contributed by atoms with Gasteiger partial charge in [-0.15, -0.1) is 0 Å². The predicted octanol–water partition coefficient (Wildman–Crippen LogP) is 1.30. The number of benzene rings is 1. The number of esters is 1. The number of Topliss-reactive ketones (excluding diaryl/α,β-unsaturated/α-hetero) is 1. The van der Waals surface area contributed by atoms with Gasteiger partial charge in [-0.1, -0.05) is 37.3 Å². The molecule has 5 nitrogen and oxygen atoms in total. The third kappa shape index (κ3) is 5.50. The van der Waals surface area contributed by atoms with Gasteiger partial charge in [0, 0.05) is 6.42 Å². The quantitative estimate of drug-likeness (QED) is 0.726. The lowest BCUT2D eigenvalue weighted by atomic mass is 10.0. The van der Waals surface area contributed by atoms with Crippen molar-refractivity contribution < 1.29 is 19.1 Å². The van der Waals surface area contributed by atoms with E-state index in [4.69, 9.17) is 10.5 Å². The number of hydrogen-bond acceptors (Lipinski definition) is 5. The molecule has 1 aromatic carbocycles. The van der Waals surface area contributed by atoms with Crippen LogP contribution < -0.4 is 5.73 Å². The fourth-order valence-electron chi connectivity index (χ4n) is 1.71. The van der Waals surface area contributed by atoms with Crippen LogP contribution in [0.15, 0.2) is 30.3 Å². The molecular weight excluding hydrogens is 258 g/mol. The lowest BCUT2D eigenvalue weighted by Gasteiger charge is -2.13. The van der Waals surface area contributed by atoms with Gasteiger partial charge < -0.3 is 15.2 Å². The van der Waals surface area contributed by atoms with Gasteiger partial charge in [0.2, 0.25) is 0 Å². The second-order valence-corrected chi connectivity index (χ2v) is 4.70. The number of rotatable bonds is 8. The van der Waals surface area contributed by atoms with Gasteiger partial charge in [0.1, 0.15) is 0 Å². The molecule has 20 heavy (non-hydrogen) atoms. The van der Waals surface area contributed by atoms with E-state index in [1.54, 1.807) is 6.92 Å². The number of hydrogen-bond donors (Lipinski definition) is 1. The van der Waals surface area contributed by atoms with Gasteiger partial charge in [0.25, 0.3) is 0 Å². The average Bonchev–Trinajstić information content (AvgIpc) is 2.47. The number of nitrogens with two attached hydrogens (primary N) is 1. The number of ketones is 1. The van der Waals surface area contributed by atoms with Gasteiger partial charge in [-0.2, -0.15) is 0 Å². The van der Waals surface area contributed by atoms with E-state index in [-0.39, 0.29) is 18.8 Å². The second kappa shape index (κ2) is 8.45. The Bertz CT molecular complexity index is 433. The number of carbonyl (C=O) groups is 2. The first-order valence-electron chi connectivity index (χ1n) is 6.52. The lowest BCUT2D eigenvalue weighted by molar-refractivity contribution is -0.146. The highest BCUT2D eigenvalue weighted by Gasteiger charge is 2.21. The molecule has 2 atom stereocenters. The van der Waals surface area contributed by atoms with E-state index in [9.17, 15) is 9.59 Å². The van der Waals surface area contributed by atoms with Crippen LogP contribution in [0.1, 0.15) is 18.9 Å². The molecule has 5 heteroatoms. The highest BCUT2D eigenvalue weighted by Crippen LogP contribution is 2.07. The molecule has 0 heterocycles. The van der Waals surface area contributed by atoms with Gasteiger partial charge in [-0.3, -0.25) is 9.59 Å². The number of carbonyl (C=O) groups excluding carboxylic acids is 2. The summed E-state index contributed by atoms with van der Waals surface area (Å²) in [5.74, 6) is -1.08. The summed E-state index contributed by atoms with van der Waals surface area (Å²) < 4.78 is 9.98. The third-order valence-electron chi connectivity index (χ3n) is 2.93. The molecule has 0 fully saturated rings. The largest absolute Gasteiger partial charge is 0.469 e. The topological polar surface area (TPSA) is 78.6 Å². The van der Waals surface area contributed by atoms with Gasteiger partial charge in [-0.05, 0) is 5.56 Å². The van der Waals surface area contributed by atoms with E-state index in [2.05, 4.69) is 4.74 Å². The van der Waals surface area contributed by atoms with Crippen LogP contribution in [0.5, 0.6) is 0 Å². The van der Waals surface area contributed by atoms with Crippen molar-refractivity contribution in [3.05, 3.63) is 35.9 Å². The Balaban J connectivity index is 2.30. The van der Waals surface area contributed by atoms with Gasteiger partial charge in [0.05, 0.1) is 32.3 Å².